The molecule has 0 radical (unpaired) electrons. The first-order valence-corrected chi connectivity index (χ1v) is 12.6. The van der Waals surface area contributed by atoms with Crippen LogP contribution >= 0.6 is 0 Å². The van der Waals surface area contributed by atoms with Crippen molar-refractivity contribution in [3.8, 4) is 33.4 Å². The Balaban J connectivity index is 1.62. The van der Waals surface area contributed by atoms with Crippen molar-refractivity contribution in [2.75, 3.05) is 0 Å². The van der Waals surface area contributed by atoms with Gasteiger partial charge in [0, 0.05) is 0 Å². The van der Waals surface area contributed by atoms with Gasteiger partial charge in [0.1, 0.15) is 0 Å². The second-order valence-corrected chi connectivity index (χ2v) is 9.36. The number of rotatable bonds is 3. The highest BCUT2D eigenvalue weighted by atomic mass is 14.2. The van der Waals surface area contributed by atoms with E-state index in [1.54, 1.807) is 36.4 Å². The van der Waals surface area contributed by atoms with Gasteiger partial charge in [0.2, 0.25) is 0 Å². The summed E-state index contributed by atoms with van der Waals surface area (Å²) in [7, 11) is 0. The lowest BCUT2D eigenvalue weighted by Gasteiger charge is -2.19. The monoisotopic (exact) mass is 521 g/mol. The van der Waals surface area contributed by atoms with Gasteiger partial charge in [-0.25, -0.2) is 0 Å². The van der Waals surface area contributed by atoms with Gasteiger partial charge in [0.25, 0.3) is 0 Å². The first-order valence-electron chi connectivity index (χ1n) is 20.1. The topological polar surface area (TPSA) is 0 Å². The van der Waals surface area contributed by atoms with E-state index in [0.29, 0.717) is 10.9 Å². The first-order chi connectivity index (χ1) is 26.1. The predicted molar refractivity (Wildman–Crippen MR) is 173 cm³/mol. The van der Waals surface area contributed by atoms with Crippen LogP contribution in [0.4, 0.5) is 0 Å². The molecule has 0 nitrogen and oxygen atoms in total. The fourth-order valence-corrected chi connectivity index (χ4v) is 5.49. The molecule has 8 aromatic carbocycles. The molecule has 8 rings (SSSR count). The van der Waals surface area contributed by atoms with E-state index in [1.165, 1.54) is 6.07 Å². The van der Waals surface area contributed by atoms with Crippen LogP contribution in [0.1, 0.15) is 20.6 Å². The van der Waals surface area contributed by atoms with Gasteiger partial charge in [0.05, 0.1) is 20.6 Å². The lowest BCUT2D eigenvalue weighted by Crippen LogP contribution is -1.92. The molecule has 0 heterocycles. The summed E-state index contributed by atoms with van der Waals surface area (Å²) in [6.07, 6.45) is 0. The summed E-state index contributed by atoms with van der Waals surface area (Å²) in [4.78, 5) is 0. The predicted octanol–water partition coefficient (Wildman–Crippen LogP) is 11.3. The Labute approximate surface area is 254 Å². The molecule has 0 aromatic heterocycles. The Kier molecular flexibility index (Phi) is 2.84. The minimum atomic E-state index is -0.602. The molecular formula is C40H26. The van der Waals surface area contributed by atoms with Gasteiger partial charge in [0.15, 0.2) is 0 Å². The Morgan fingerprint density at radius 3 is 1.70 bits per heavy atom. The van der Waals surface area contributed by atoms with Crippen molar-refractivity contribution in [2.45, 2.75) is 0 Å². The van der Waals surface area contributed by atoms with Crippen molar-refractivity contribution in [1.29, 1.82) is 0 Å². The molecule has 0 bridgehead atoms. The number of fused-ring (bicyclic) bond motifs is 4. The highest BCUT2D eigenvalue weighted by Crippen LogP contribution is 2.45. The number of benzene rings is 8. The number of hydrogen-bond donors (Lipinski definition) is 0. The molecule has 0 aliphatic rings. The maximum absolute atomic E-state index is 9.30. The van der Waals surface area contributed by atoms with E-state index in [9.17, 15) is 5.48 Å². The van der Waals surface area contributed by atoms with Crippen molar-refractivity contribution < 1.29 is 20.6 Å². The van der Waals surface area contributed by atoms with Crippen LogP contribution in [0.5, 0.6) is 0 Å². The highest BCUT2D eigenvalue weighted by Gasteiger charge is 2.18. The first kappa shape index (κ1) is 12.3. The van der Waals surface area contributed by atoms with Gasteiger partial charge in [-0.1, -0.05) is 151 Å². The second kappa shape index (κ2) is 9.22. The third-order valence-electron chi connectivity index (χ3n) is 7.19. The van der Waals surface area contributed by atoms with E-state index in [-0.39, 0.29) is 60.1 Å². The van der Waals surface area contributed by atoms with Gasteiger partial charge in [-0.15, -0.1) is 0 Å². The van der Waals surface area contributed by atoms with Crippen LogP contribution in [-0.4, -0.2) is 0 Å². The van der Waals surface area contributed by atoms with Crippen molar-refractivity contribution in [1.82, 2.24) is 0 Å². The maximum Gasteiger partial charge on any atom is 0.0629 e. The number of hydrogen-bond acceptors (Lipinski definition) is 0. The molecule has 40 heavy (non-hydrogen) atoms. The fourth-order valence-electron chi connectivity index (χ4n) is 5.49. The zero-order valence-electron chi connectivity index (χ0n) is 35.9. The molecule has 0 aliphatic heterocycles. The minimum Gasteiger partial charge on any atom is -0.0616 e. The molecule has 0 unspecified atom stereocenters. The minimum absolute atomic E-state index is 0.0213. The van der Waals surface area contributed by atoms with Crippen LogP contribution in [0.25, 0.3) is 76.5 Å². The Hall–Kier alpha value is -5.20. The van der Waals surface area contributed by atoms with Crippen molar-refractivity contribution in [2.24, 2.45) is 0 Å². The molecule has 0 aliphatic carbocycles. The van der Waals surface area contributed by atoms with Crippen LogP contribution in [0.3, 0.4) is 0 Å². The Morgan fingerprint density at radius 1 is 0.350 bits per heavy atom. The molecule has 0 amide bonds. The van der Waals surface area contributed by atoms with Gasteiger partial charge in [-0.05, 0) is 82.5 Å². The molecule has 0 saturated carbocycles. The van der Waals surface area contributed by atoms with Gasteiger partial charge in [-0.2, -0.15) is 0 Å². The van der Waals surface area contributed by atoms with E-state index in [4.69, 9.17) is 15.1 Å². The van der Waals surface area contributed by atoms with E-state index in [1.807, 2.05) is 24.3 Å². The van der Waals surface area contributed by atoms with Crippen molar-refractivity contribution >= 4 is 43.1 Å². The van der Waals surface area contributed by atoms with Crippen LogP contribution < -0.4 is 0 Å². The normalized spacial score (nSPS) is 16.8. The standard InChI is InChI=1S/C40H26/c1-3-18-31-27(12-1)14-10-24-33(31)29-16-9-17-30(26-29)39-35-20-5-7-22-37(35)40(38-23-8-6-21-36(38)39)34-25-11-15-28-13-2-4-19-32(28)34/h1-26H/i1D,3D,5D,6D,7D,8D,10D,12D,14D,18D,20D,21D,22D,23D,24D. The zero-order chi connectivity index (χ0) is 39.5. The summed E-state index contributed by atoms with van der Waals surface area (Å²) >= 11 is 0. The van der Waals surface area contributed by atoms with E-state index < -0.39 is 90.6 Å². The Morgan fingerprint density at radius 2 is 0.925 bits per heavy atom. The molecule has 186 valence electrons. The van der Waals surface area contributed by atoms with E-state index in [2.05, 4.69) is 0 Å². The molecule has 0 spiro atoms. The molecule has 0 saturated heterocycles. The third-order valence-corrected chi connectivity index (χ3v) is 7.19. The largest absolute Gasteiger partial charge is 0.0629 e. The lowest BCUT2D eigenvalue weighted by molar-refractivity contribution is 1.63. The summed E-state index contributed by atoms with van der Waals surface area (Å²) in [6, 6.07) is 11.1. The van der Waals surface area contributed by atoms with Gasteiger partial charge >= 0.3 is 0 Å². The van der Waals surface area contributed by atoms with Crippen LogP contribution in [0.15, 0.2) is 157 Å². The van der Waals surface area contributed by atoms with Crippen LogP contribution in [0.2, 0.25) is 0 Å². The van der Waals surface area contributed by atoms with Gasteiger partial charge in [-0.3, -0.25) is 0 Å². The maximum atomic E-state index is 9.30. The fraction of sp³-hybridized carbons (Fsp3) is 0. The van der Waals surface area contributed by atoms with Crippen molar-refractivity contribution in [3.63, 3.8) is 0 Å². The lowest BCUT2D eigenvalue weighted by atomic mass is 9.84. The highest BCUT2D eigenvalue weighted by molar-refractivity contribution is 6.23. The summed E-state index contributed by atoms with van der Waals surface area (Å²) in [6.45, 7) is 0. The summed E-state index contributed by atoms with van der Waals surface area (Å²) < 4.78 is 132. The average Bonchev–Trinajstić information content (AvgIpc) is 3.19. The second-order valence-electron chi connectivity index (χ2n) is 9.36. The van der Waals surface area contributed by atoms with E-state index in [0.717, 1.165) is 5.39 Å². The molecule has 0 N–H and O–H groups in total. The summed E-state index contributed by atoms with van der Waals surface area (Å²) in [5.41, 5.74) is 1.04. The van der Waals surface area contributed by atoms with Gasteiger partial charge < -0.3 is 0 Å². The zero-order valence-corrected chi connectivity index (χ0v) is 20.9. The summed E-state index contributed by atoms with van der Waals surface area (Å²) in [5, 5.41) is 1.08. The molecule has 0 heteroatoms. The molecular weight excluding hydrogens is 480 g/mol. The van der Waals surface area contributed by atoms with Crippen LogP contribution in [0, 0.1) is 0 Å². The molecule has 0 fully saturated rings. The average molecular weight is 522 g/mol. The SMILES string of the molecule is [2H]c1c([2H])c([2H])c2c(-c3cccc(-c4c5c([2H])c([2H])c([2H])c([2H])c5c(-c5cccc6ccccc56)c5c([2H])c([2H])c([2H])c([2H])c45)c3)c([2H])c([2H])c([2H])c2c1[2H]. The summed E-state index contributed by atoms with van der Waals surface area (Å²) in [5.74, 6) is 0. The quantitative estimate of drug-likeness (QED) is 0.203. The Bertz CT molecular complexity index is 2950. The van der Waals surface area contributed by atoms with Crippen LogP contribution in [-0.2, 0) is 0 Å². The molecule has 8 aromatic rings. The third kappa shape index (κ3) is 3.54. The van der Waals surface area contributed by atoms with E-state index >= 15 is 0 Å². The molecule has 0 atom stereocenters. The van der Waals surface area contributed by atoms with Crippen molar-refractivity contribution in [3.05, 3.63) is 157 Å². The smallest absolute Gasteiger partial charge is 0.0616 e.